The largest absolute Gasteiger partial charge is 0.490 e. The number of amides is 1. The second-order valence-electron chi connectivity index (χ2n) is 7.21. The Morgan fingerprint density at radius 1 is 1.14 bits per heavy atom. The SMILES string of the molecule is Cc1cccc(N(CC(=O)Nc2ccc(OC3CCCC3)cc2)S(C)(=O)=O)c1. The van der Waals surface area contributed by atoms with Gasteiger partial charge in [-0.15, -0.1) is 0 Å². The number of carbonyl (C=O) groups excluding carboxylic acids is 1. The van der Waals surface area contributed by atoms with E-state index in [1.165, 1.54) is 12.8 Å². The highest BCUT2D eigenvalue weighted by Gasteiger charge is 2.21. The van der Waals surface area contributed by atoms with Crippen molar-refractivity contribution in [2.45, 2.75) is 38.7 Å². The zero-order chi connectivity index (χ0) is 20.1. The molecule has 1 amide bonds. The van der Waals surface area contributed by atoms with Gasteiger partial charge in [-0.05, 0) is 74.6 Å². The summed E-state index contributed by atoms with van der Waals surface area (Å²) in [6, 6.07) is 14.2. The Morgan fingerprint density at radius 3 is 2.43 bits per heavy atom. The fourth-order valence-corrected chi connectivity index (χ4v) is 4.18. The monoisotopic (exact) mass is 402 g/mol. The van der Waals surface area contributed by atoms with Crippen LogP contribution in [-0.2, 0) is 14.8 Å². The molecule has 1 aliphatic rings. The second-order valence-corrected chi connectivity index (χ2v) is 9.11. The molecule has 0 unspecified atom stereocenters. The smallest absolute Gasteiger partial charge is 0.245 e. The van der Waals surface area contributed by atoms with E-state index in [0.29, 0.717) is 11.4 Å². The molecule has 150 valence electrons. The van der Waals surface area contributed by atoms with Gasteiger partial charge in [-0.1, -0.05) is 12.1 Å². The van der Waals surface area contributed by atoms with E-state index in [2.05, 4.69) is 5.32 Å². The van der Waals surface area contributed by atoms with Crippen LogP contribution in [0.5, 0.6) is 5.75 Å². The quantitative estimate of drug-likeness (QED) is 0.766. The van der Waals surface area contributed by atoms with Gasteiger partial charge in [-0.25, -0.2) is 8.42 Å². The zero-order valence-electron chi connectivity index (χ0n) is 16.2. The zero-order valence-corrected chi connectivity index (χ0v) is 17.0. The van der Waals surface area contributed by atoms with Gasteiger partial charge >= 0.3 is 0 Å². The normalized spacial score (nSPS) is 14.6. The van der Waals surface area contributed by atoms with Crippen LogP contribution in [0.15, 0.2) is 48.5 Å². The minimum atomic E-state index is -3.59. The number of ether oxygens (including phenoxy) is 1. The summed E-state index contributed by atoms with van der Waals surface area (Å²) >= 11 is 0. The molecule has 6 nitrogen and oxygen atoms in total. The van der Waals surface area contributed by atoms with Crippen molar-refractivity contribution < 1.29 is 17.9 Å². The van der Waals surface area contributed by atoms with Crippen LogP contribution in [-0.4, -0.2) is 33.2 Å². The molecule has 0 atom stereocenters. The molecule has 1 N–H and O–H groups in total. The van der Waals surface area contributed by atoms with E-state index < -0.39 is 15.9 Å². The Balaban J connectivity index is 1.64. The fraction of sp³-hybridized carbons (Fsp3) is 0.381. The van der Waals surface area contributed by atoms with Crippen molar-refractivity contribution >= 4 is 27.3 Å². The molecule has 0 radical (unpaired) electrons. The molecule has 0 spiro atoms. The summed E-state index contributed by atoms with van der Waals surface area (Å²) in [5, 5.41) is 2.75. The van der Waals surface area contributed by atoms with Crippen molar-refractivity contribution in [2.24, 2.45) is 0 Å². The molecule has 3 rings (SSSR count). The number of nitrogens with zero attached hydrogens (tertiary/aromatic N) is 1. The number of carbonyl (C=O) groups is 1. The topological polar surface area (TPSA) is 75.7 Å². The maximum absolute atomic E-state index is 12.4. The molecule has 0 saturated heterocycles. The van der Waals surface area contributed by atoms with Gasteiger partial charge in [0.05, 0.1) is 18.0 Å². The van der Waals surface area contributed by atoms with Gasteiger partial charge in [-0.2, -0.15) is 0 Å². The molecular weight excluding hydrogens is 376 g/mol. The number of sulfonamides is 1. The minimum Gasteiger partial charge on any atom is -0.490 e. The van der Waals surface area contributed by atoms with Crippen LogP contribution in [0.3, 0.4) is 0 Å². The van der Waals surface area contributed by atoms with E-state index in [9.17, 15) is 13.2 Å². The Morgan fingerprint density at radius 2 is 1.82 bits per heavy atom. The molecule has 2 aromatic rings. The second kappa shape index (κ2) is 8.65. The van der Waals surface area contributed by atoms with E-state index in [1.54, 1.807) is 30.3 Å². The average molecular weight is 403 g/mol. The van der Waals surface area contributed by atoms with E-state index in [-0.39, 0.29) is 12.6 Å². The first kappa shape index (κ1) is 20.2. The molecule has 0 heterocycles. The predicted octanol–water partition coefficient (Wildman–Crippen LogP) is 3.72. The number of benzene rings is 2. The van der Waals surface area contributed by atoms with Crippen LogP contribution in [0.1, 0.15) is 31.2 Å². The van der Waals surface area contributed by atoms with E-state index >= 15 is 0 Å². The molecule has 7 heteroatoms. The molecule has 0 bridgehead atoms. The van der Waals surface area contributed by atoms with Crippen LogP contribution in [0.4, 0.5) is 11.4 Å². The van der Waals surface area contributed by atoms with Crippen molar-refractivity contribution in [1.82, 2.24) is 0 Å². The maximum Gasteiger partial charge on any atom is 0.245 e. The van der Waals surface area contributed by atoms with Crippen molar-refractivity contribution in [3.63, 3.8) is 0 Å². The first-order valence-corrected chi connectivity index (χ1v) is 11.3. The van der Waals surface area contributed by atoms with Gasteiger partial charge in [0.15, 0.2) is 0 Å². The number of hydrogen-bond acceptors (Lipinski definition) is 4. The lowest BCUT2D eigenvalue weighted by molar-refractivity contribution is -0.114. The molecular formula is C21H26N2O4S. The highest BCUT2D eigenvalue weighted by Crippen LogP contribution is 2.25. The van der Waals surface area contributed by atoms with Crippen LogP contribution in [0, 0.1) is 6.92 Å². The van der Waals surface area contributed by atoms with Crippen molar-refractivity contribution in [1.29, 1.82) is 0 Å². The Hall–Kier alpha value is -2.54. The number of rotatable bonds is 7. The molecule has 0 aromatic heterocycles. The summed E-state index contributed by atoms with van der Waals surface area (Å²) in [7, 11) is -3.59. The van der Waals surface area contributed by atoms with Crippen molar-refractivity contribution in [3.8, 4) is 5.75 Å². The Bertz CT molecular complexity index is 920. The lowest BCUT2D eigenvalue weighted by Crippen LogP contribution is -2.37. The maximum atomic E-state index is 12.4. The Labute approximate surface area is 166 Å². The number of anilines is 2. The molecule has 1 aliphatic carbocycles. The lowest BCUT2D eigenvalue weighted by Gasteiger charge is -2.22. The third-order valence-corrected chi connectivity index (χ3v) is 5.86. The van der Waals surface area contributed by atoms with Gasteiger partial charge in [0.1, 0.15) is 12.3 Å². The van der Waals surface area contributed by atoms with Gasteiger partial charge in [0.2, 0.25) is 15.9 Å². The van der Waals surface area contributed by atoms with Gasteiger partial charge < -0.3 is 10.1 Å². The molecule has 0 aliphatic heterocycles. The van der Waals surface area contributed by atoms with Gasteiger partial charge in [-0.3, -0.25) is 9.10 Å². The van der Waals surface area contributed by atoms with Crippen LogP contribution < -0.4 is 14.4 Å². The van der Waals surface area contributed by atoms with Gasteiger partial charge in [0.25, 0.3) is 0 Å². The third kappa shape index (κ3) is 5.48. The average Bonchev–Trinajstić information content (AvgIpc) is 3.13. The van der Waals surface area contributed by atoms with E-state index in [0.717, 1.165) is 34.7 Å². The fourth-order valence-electron chi connectivity index (χ4n) is 3.33. The van der Waals surface area contributed by atoms with Gasteiger partial charge in [0, 0.05) is 5.69 Å². The minimum absolute atomic E-state index is 0.276. The first-order valence-electron chi connectivity index (χ1n) is 9.42. The number of nitrogens with one attached hydrogen (secondary N) is 1. The summed E-state index contributed by atoms with van der Waals surface area (Å²) in [5.41, 5.74) is 1.99. The summed E-state index contributed by atoms with van der Waals surface area (Å²) in [4.78, 5) is 12.4. The standard InChI is InChI=1S/C21H26N2O4S/c1-16-6-5-7-18(14-16)23(28(2,25)26)15-21(24)22-17-10-12-20(13-11-17)27-19-8-3-4-9-19/h5-7,10-14,19H,3-4,8-9,15H2,1-2H3,(H,22,24). The number of aryl methyl sites for hydroxylation is 1. The van der Waals surface area contributed by atoms with Crippen molar-refractivity contribution in [2.75, 3.05) is 22.4 Å². The van der Waals surface area contributed by atoms with E-state index in [4.69, 9.17) is 4.74 Å². The van der Waals surface area contributed by atoms with Crippen LogP contribution in [0.25, 0.3) is 0 Å². The van der Waals surface area contributed by atoms with Crippen LogP contribution >= 0.6 is 0 Å². The first-order chi connectivity index (χ1) is 13.3. The summed E-state index contributed by atoms with van der Waals surface area (Å²) in [6.45, 7) is 1.59. The van der Waals surface area contributed by atoms with Crippen molar-refractivity contribution in [3.05, 3.63) is 54.1 Å². The highest BCUT2D eigenvalue weighted by molar-refractivity contribution is 7.92. The summed E-state index contributed by atoms with van der Waals surface area (Å²) < 4.78 is 31.4. The number of hydrogen-bond donors (Lipinski definition) is 1. The lowest BCUT2D eigenvalue weighted by atomic mass is 10.2. The molecule has 1 saturated carbocycles. The third-order valence-electron chi connectivity index (χ3n) is 4.72. The summed E-state index contributed by atoms with van der Waals surface area (Å²) in [6.07, 6.45) is 5.95. The Kier molecular flexibility index (Phi) is 6.24. The van der Waals surface area contributed by atoms with Crippen LogP contribution in [0.2, 0.25) is 0 Å². The highest BCUT2D eigenvalue weighted by atomic mass is 32.2. The molecule has 28 heavy (non-hydrogen) atoms. The van der Waals surface area contributed by atoms with E-state index in [1.807, 2.05) is 25.1 Å². The predicted molar refractivity (Wildman–Crippen MR) is 111 cm³/mol. The molecule has 1 fully saturated rings. The summed E-state index contributed by atoms with van der Waals surface area (Å²) in [5.74, 6) is 0.374. The molecule has 2 aromatic carbocycles.